The Labute approximate surface area is 123 Å². The maximum atomic E-state index is 6.31. The van der Waals surface area contributed by atoms with Crippen molar-refractivity contribution in [2.45, 2.75) is 46.1 Å². The van der Waals surface area contributed by atoms with Crippen molar-refractivity contribution >= 4 is 17.0 Å². The fraction of sp³-hybridized carbons (Fsp3) is 0.667. The predicted molar refractivity (Wildman–Crippen MR) is 79.7 cm³/mol. The van der Waals surface area contributed by atoms with Crippen molar-refractivity contribution in [1.29, 1.82) is 0 Å². The van der Waals surface area contributed by atoms with E-state index >= 15 is 0 Å². The van der Waals surface area contributed by atoms with Gasteiger partial charge in [-0.1, -0.05) is 20.8 Å². The number of nitrogen functional groups attached to an aromatic ring is 1. The summed E-state index contributed by atoms with van der Waals surface area (Å²) in [6, 6.07) is 0. The van der Waals surface area contributed by atoms with E-state index in [1.165, 1.54) is 12.8 Å². The van der Waals surface area contributed by atoms with Crippen molar-refractivity contribution in [1.82, 2.24) is 20.2 Å². The Hall–Kier alpha value is -1.85. The summed E-state index contributed by atoms with van der Waals surface area (Å²) in [4.78, 5) is 8.42. The number of nitrogens with two attached hydrogens (primary N) is 1. The molecule has 0 amide bonds. The smallest absolute Gasteiger partial charge is 0.229 e. The van der Waals surface area contributed by atoms with Gasteiger partial charge in [-0.25, -0.2) is 0 Å². The first-order valence-corrected chi connectivity index (χ1v) is 7.55. The highest BCUT2D eigenvalue weighted by molar-refractivity contribution is 5.80. The van der Waals surface area contributed by atoms with Crippen LogP contribution in [0.15, 0.2) is 6.20 Å². The number of aromatic amines is 1. The van der Waals surface area contributed by atoms with Crippen molar-refractivity contribution in [2.24, 2.45) is 16.7 Å². The van der Waals surface area contributed by atoms with Gasteiger partial charge in [0.25, 0.3) is 0 Å². The van der Waals surface area contributed by atoms with Crippen molar-refractivity contribution in [3.05, 3.63) is 6.20 Å². The molecule has 2 heterocycles. The topological polar surface area (TPSA) is 89.7 Å². The largest absolute Gasteiger partial charge is 0.473 e. The molecule has 2 aromatic heterocycles. The quantitative estimate of drug-likeness (QED) is 0.885. The molecule has 0 aromatic carbocycles. The third-order valence-corrected chi connectivity index (χ3v) is 6.26. The molecule has 2 aromatic rings. The van der Waals surface area contributed by atoms with Crippen LogP contribution in [0.1, 0.15) is 40.0 Å². The molecule has 2 aliphatic carbocycles. The van der Waals surface area contributed by atoms with Crippen LogP contribution in [0.25, 0.3) is 11.0 Å². The van der Waals surface area contributed by atoms with Gasteiger partial charge in [-0.05, 0) is 30.6 Å². The van der Waals surface area contributed by atoms with Gasteiger partial charge in [0.1, 0.15) is 11.5 Å². The summed E-state index contributed by atoms with van der Waals surface area (Å²) in [7, 11) is 0. The van der Waals surface area contributed by atoms with E-state index in [9.17, 15) is 0 Å². The zero-order valence-corrected chi connectivity index (χ0v) is 12.7. The first-order chi connectivity index (χ1) is 9.92. The van der Waals surface area contributed by atoms with Crippen LogP contribution < -0.4 is 10.5 Å². The fourth-order valence-electron chi connectivity index (χ4n) is 4.36. The van der Waals surface area contributed by atoms with Gasteiger partial charge >= 0.3 is 0 Å². The first-order valence-electron chi connectivity index (χ1n) is 7.55. The van der Waals surface area contributed by atoms with Crippen LogP contribution in [-0.2, 0) is 0 Å². The second kappa shape index (κ2) is 3.87. The minimum Gasteiger partial charge on any atom is -0.473 e. The molecule has 3 N–H and O–H groups in total. The Balaban J connectivity index is 1.72. The van der Waals surface area contributed by atoms with Gasteiger partial charge in [-0.3, -0.25) is 5.10 Å². The van der Waals surface area contributed by atoms with Crippen LogP contribution in [0.3, 0.4) is 0 Å². The van der Waals surface area contributed by atoms with E-state index in [1.54, 1.807) is 6.20 Å². The molecule has 0 aliphatic heterocycles. The molecule has 2 fully saturated rings. The average Bonchev–Trinajstić information content (AvgIpc) is 3.01. The van der Waals surface area contributed by atoms with Gasteiger partial charge in [0.15, 0.2) is 5.65 Å². The molecule has 0 spiro atoms. The molecular formula is C15H21N5O. The number of nitrogens with one attached hydrogen (secondary N) is 1. The van der Waals surface area contributed by atoms with Crippen LogP contribution in [0, 0.1) is 16.7 Å². The zero-order valence-electron chi connectivity index (χ0n) is 12.7. The number of fused-ring (bicyclic) bond motifs is 3. The summed E-state index contributed by atoms with van der Waals surface area (Å²) < 4.78 is 6.31. The minimum atomic E-state index is 0.179. The number of H-pyrrole nitrogens is 1. The van der Waals surface area contributed by atoms with Gasteiger partial charge in [0.05, 0.1) is 6.20 Å². The normalized spacial score (nSPS) is 33.7. The van der Waals surface area contributed by atoms with Crippen LogP contribution in [0.5, 0.6) is 5.88 Å². The highest BCUT2D eigenvalue weighted by atomic mass is 16.5. The Morgan fingerprint density at radius 2 is 2.14 bits per heavy atom. The molecule has 6 nitrogen and oxygen atoms in total. The molecule has 21 heavy (non-hydrogen) atoms. The summed E-state index contributed by atoms with van der Waals surface area (Å²) in [6.07, 6.45) is 5.48. The van der Waals surface area contributed by atoms with E-state index in [-0.39, 0.29) is 17.5 Å². The molecule has 0 radical (unpaired) electrons. The van der Waals surface area contributed by atoms with Gasteiger partial charge in [0, 0.05) is 5.41 Å². The summed E-state index contributed by atoms with van der Waals surface area (Å²) in [5, 5.41) is 7.63. The third-order valence-electron chi connectivity index (χ3n) is 6.26. The number of ether oxygens (including phenoxy) is 1. The Bertz CT molecular complexity index is 709. The molecule has 4 rings (SSSR count). The second-order valence-electron chi connectivity index (χ2n) is 7.24. The van der Waals surface area contributed by atoms with Crippen molar-refractivity contribution < 1.29 is 4.74 Å². The Morgan fingerprint density at radius 3 is 2.81 bits per heavy atom. The summed E-state index contributed by atoms with van der Waals surface area (Å²) >= 11 is 0. The van der Waals surface area contributed by atoms with E-state index in [0.717, 1.165) is 17.7 Å². The SMILES string of the molecule is CC1(C)C2CCC1(C)C(Oc1nc(N)nc3[nH]ncc13)C2. The monoisotopic (exact) mass is 287 g/mol. The first kappa shape index (κ1) is 12.9. The van der Waals surface area contributed by atoms with Gasteiger partial charge < -0.3 is 10.5 Å². The lowest BCUT2D eigenvalue weighted by Crippen LogP contribution is -2.39. The lowest BCUT2D eigenvalue weighted by atomic mass is 9.70. The third kappa shape index (κ3) is 1.56. The van der Waals surface area contributed by atoms with E-state index in [0.29, 0.717) is 16.9 Å². The van der Waals surface area contributed by atoms with Gasteiger partial charge in [-0.15, -0.1) is 0 Å². The molecule has 2 bridgehead atoms. The number of nitrogens with zero attached hydrogens (tertiary/aromatic N) is 3. The van der Waals surface area contributed by atoms with Crippen LogP contribution in [-0.4, -0.2) is 26.3 Å². The zero-order chi connectivity index (χ0) is 14.8. The Morgan fingerprint density at radius 1 is 1.33 bits per heavy atom. The highest BCUT2D eigenvalue weighted by Crippen LogP contribution is 2.66. The Kier molecular flexibility index (Phi) is 2.37. The van der Waals surface area contributed by atoms with Crippen LogP contribution in [0.2, 0.25) is 0 Å². The van der Waals surface area contributed by atoms with E-state index in [1.807, 2.05) is 0 Å². The number of hydrogen-bond donors (Lipinski definition) is 2. The summed E-state index contributed by atoms with van der Waals surface area (Å²) in [5.41, 5.74) is 6.90. The molecule has 0 saturated heterocycles. The molecular weight excluding hydrogens is 266 g/mol. The van der Waals surface area contributed by atoms with E-state index in [2.05, 4.69) is 40.9 Å². The number of hydrogen-bond acceptors (Lipinski definition) is 5. The van der Waals surface area contributed by atoms with Crippen molar-refractivity contribution in [3.8, 4) is 5.88 Å². The van der Waals surface area contributed by atoms with E-state index in [4.69, 9.17) is 10.5 Å². The summed E-state index contributed by atoms with van der Waals surface area (Å²) in [5.74, 6) is 1.50. The molecule has 3 atom stereocenters. The fourth-order valence-corrected chi connectivity index (χ4v) is 4.36. The average molecular weight is 287 g/mol. The standard InChI is InChI=1S/C15H21N5O/c1-14(2)8-4-5-15(14,3)10(6-8)21-12-9-7-17-20-11(9)18-13(16)19-12/h7-8,10H,4-6H2,1-3H3,(H3,16,17,18,19,20). The molecule has 2 aliphatic rings. The predicted octanol–water partition coefficient (Wildman–Crippen LogP) is 2.53. The number of anilines is 1. The second-order valence-corrected chi connectivity index (χ2v) is 7.24. The van der Waals surface area contributed by atoms with E-state index < -0.39 is 0 Å². The highest BCUT2D eigenvalue weighted by Gasteiger charge is 2.62. The number of aromatic nitrogens is 4. The molecule has 2 saturated carbocycles. The van der Waals surface area contributed by atoms with Gasteiger partial charge in [-0.2, -0.15) is 15.1 Å². The molecule has 3 unspecified atom stereocenters. The lowest BCUT2D eigenvalue weighted by Gasteiger charge is -2.38. The maximum absolute atomic E-state index is 6.31. The minimum absolute atomic E-state index is 0.179. The summed E-state index contributed by atoms with van der Waals surface area (Å²) in [6.45, 7) is 7.09. The van der Waals surface area contributed by atoms with Crippen molar-refractivity contribution in [3.63, 3.8) is 0 Å². The molecule has 112 valence electrons. The van der Waals surface area contributed by atoms with Crippen LogP contribution in [0.4, 0.5) is 5.95 Å². The van der Waals surface area contributed by atoms with Gasteiger partial charge in [0.2, 0.25) is 11.8 Å². The maximum Gasteiger partial charge on any atom is 0.229 e. The van der Waals surface area contributed by atoms with Crippen LogP contribution >= 0.6 is 0 Å². The molecule has 6 heteroatoms. The number of rotatable bonds is 2. The van der Waals surface area contributed by atoms with Crippen molar-refractivity contribution in [2.75, 3.05) is 5.73 Å². The lowest BCUT2D eigenvalue weighted by molar-refractivity contribution is 0.0284.